The molecule has 1 aliphatic heterocycles. The van der Waals surface area contributed by atoms with Gasteiger partial charge in [0.05, 0.1) is 17.0 Å². The summed E-state index contributed by atoms with van der Waals surface area (Å²) in [6, 6.07) is 30.0. The zero-order valence-electron chi connectivity index (χ0n) is 21.6. The molecule has 186 valence electrons. The summed E-state index contributed by atoms with van der Waals surface area (Å²) in [7, 11) is 0. The first kappa shape index (κ1) is 25.8. The lowest BCUT2D eigenvalue weighted by atomic mass is 9.66. The Morgan fingerprint density at radius 1 is 0.972 bits per heavy atom. The molecule has 0 aliphatic carbocycles. The Bertz CT molecular complexity index is 1210. The molecule has 1 saturated heterocycles. The van der Waals surface area contributed by atoms with Crippen molar-refractivity contribution in [2.45, 2.75) is 63.0 Å². The van der Waals surface area contributed by atoms with Crippen LogP contribution in [0, 0.1) is 11.3 Å². The minimum Gasteiger partial charge on any atom is -0.383 e. The van der Waals surface area contributed by atoms with E-state index < -0.39 is 16.6 Å². The van der Waals surface area contributed by atoms with Crippen LogP contribution in [0.15, 0.2) is 84.9 Å². The quantitative estimate of drug-likeness (QED) is 0.382. The second-order valence-corrected chi connectivity index (χ2v) is 10.6. The Morgan fingerprint density at radius 2 is 1.56 bits per heavy atom. The maximum atomic E-state index is 13.0. The van der Waals surface area contributed by atoms with E-state index >= 15 is 0 Å². The molecular formula is C32H36N2O2. The van der Waals surface area contributed by atoms with Crippen LogP contribution in [0.5, 0.6) is 0 Å². The van der Waals surface area contributed by atoms with Gasteiger partial charge < -0.3 is 5.11 Å². The second-order valence-electron chi connectivity index (χ2n) is 10.6. The number of hydrogen-bond acceptors (Lipinski definition) is 4. The van der Waals surface area contributed by atoms with E-state index in [1.54, 1.807) is 0 Å². The Balaban J connectivity index is 1.53. The summed E-state index contributed by atoms with van der Waals surface area (Å²) < 4.78 is 0. The van der Waals surface area contributed by atoms with Gasteiger partial charge in [-0.15, -0.1) is 0 Å². The third-order valence-electron chi connectivity index (χ3n) is 8.03. The van der Waals surface area contributed by atoms with Crippen LogP contribution in [-0.4, -0.2) is 28.9 Å². The van der Waals surface area contributed by atoms with Crippen LogP contribution in [0.2, 0.25) is 0 Å². The third kappa shape index (κ3) is 4.74. The highest BCUT2D eigenvalue weighted by atomic mass is 16.3. The number of nitrogens with zero attached hydrogens (tertiary/aromatic N) is 2. The van der Waals surface area contributed by atoms with Gasteiger partial charge in [-0.05, 0) is 69.8 Å². The summed E-state index contributed by atoms with van der Waals surface area (Å²) in [5.41, 5.74) is 1.36. The SMILES string of the molecule is CC(C)(C#N)c1ccc(C(=O)CCCN2CCCC(O)(c3ccccc3)C2(C)c2ccccc2)cc1. The largest absolute Gasteiger partial charge is 0.383 e. The number of hydrogen-bond donors (Lipinski definition) is 1. The van der Waals surface area contributed by atoms with Crippen LogP contribution >= 0.6 is 0 Å². The summed E-state index contributed by atoms with van der Waals surface area (Å²) in [6.45, 7) is 7.48. The maximum Gasteiger partial charge on any atom is 0.162 e. The van der Waals surface area contributed by atoms with Gasteiger partial charge in [-0.25, -0.2) is 0 Å². The Kier molecular flexibility index (Phi) is 7.45. The predicted octanol–water partition coefficient (Wildman–Crippen LogP) is 6.35. The minimum absolute atomic E-state index is 0.105. The first-order valence-corrected chi connectivity index (χ1v) is 12.9. The molecule has 1 heterocycles. The predicted molar refractivity (Wildman–Crippen MR) is 144 cm³/mol. The molecule has 1 aliphatic rings. The fourth-order valence-corrected chi connectivity index (χ4v) is 5.63. The zero-order chi connectivity index (χ0) is 25.8. The van der Waals surface area contributed by atoms with E-state index in [2.05, 4.69) is 30.0 Å². The van der Waals surface area contributed by atoms with Gasteiger partial charge in [0.15, 0.2) is 5.78 Å². The van der Waals surface area contributed by atoms with Crippen LogP contribution in [0.3, 0.4) is 0 Å². The molecule has 36 heavy (non-hydrogen) atoms. The van der Waals surface area contributed by atoms with Crippen molar-refractivity contribution in [3.05, 3.63) is 107 Å². The Morgan fingerprint density at radius 3 is 2.14 bits per heavy atom. The van der Waals surface area contributed by atoms with E-state index in [0.29, 0.717) is 31.4 Å². The zero-order valence-corrected chi connectivity index (χ0v) is 21.6. The maximum absolute atomic E-state index is 13.0. The summed E-state index contributed by atoms with van der Waals surface area (Å²) in [4.78, 5) is 15.3. The molecule has 1 fully saturated rings. The average Bonchev–Trinajstić information content (AvgIpc) is 2.92. The fourth-order valence-electron chi connectivity index (χ4n) is 5.63. The van der Waals surface area contributed by atoms with Crippen molar-refractivity contribution in [1.82, 2.24) is 4.90 Å². The number of likely N-dealkylation sites (tertiary alicyclic amines) is 1. The molecule has 0 radical (unpaired) electrons. The lowest BCUT2D eigenvalue weighted by Gasteiger charge is -2.56. The van der Waals surface area contributed by atoms with Crippen molar-refractivity contribution < 1.29 is 9.90 Å². The van der Waals surface area contributed by atoms with Crippen molar-refractivity contribution in [2.24, 2.45) is 0 Å². The molecule has 4 rings (SSSR count). The highest BCUT2D eigenvalue weighted by molar-refractivity contribution is 5.96. The molecule has 0 amide bonds. The first-order valence-electron chi connectivity index (χ1n) is 12.9. The molecule has 2 unspecified atom stereocenters. The van der Waals surface area contributed by atoms with E-state index in [9.17, 15) is 15.2 Å². The fraction of sp³-hybridized carbons (Fsp3) is 0.375. The summed E-state index contributed by atoms with van der Waals surface area (Å²) >= 11 is 0. The number of nitriles is 1. The summed E-state index contributed by atoms with van der Waals surface area (Å²) in [5, 5.41) is 21.6. The van der Waals surface area contributed by atoms with Crippen LogP contribution in [-0.2, 0) is 16.6 Å². The average molecular weight is 481 g/mol. The number of aliphatic hydroxyl groups is 1. The lowest BCUT2D eigenvalue weighted by molar-refractivity contribution is -0.149. The van der Waals surface area contributed by atoms with Crippen LogP contribution in [0.4, 0.5) is 0 Å². The van der Waals surface area contributed by atoms with E-state index in [1.165, 1.54) is 0 Å². The summed E-state index contributed by atoms with van der Waals surface area (Å²) in [6.07, 6.45) is 2.71. The normalized spacial score (nSPS) is 22.6. The molecule has 3 aromatic carbocycles. The van der Waals surface area contributed by atoms with Crippen molar-refractivity contribution in [3.8, 4) is 6.07 Å². The van der Waals surface area contributed by atoms with Crippen molar-refractivity contribution in [1.29, 1.82) is 5.26 Å². The standard InChI is InChI=1S/C32H36N2O2/c1-30(2,24-33)26-19-17-25(18-20-26)29(35)16-10-22-34-23-11-21-32(36,28-14-8-5-9-15-28)31(34,3)27-12-6-4-7-13-27/h4-9,12-15,17-20,36H,10-11,16,21-23H2,1-3H3. The monoisotopic (exact) mass is 480 g/mol. The van der Waals surface area contributed by atoms with Crippen LogP contribution < -0.4 is 0 Å². The minimum atomic E-state index is -1.04. The molecule has 2 atom stereocenters. The molecule has 1 N–H and O–H groups in total. The smallest absolute Gasteiger partial charge is 0.162 e. The Hall–Kier alpha value is -3.26. The molecule has 3 aromatic rings. The van der Waals surface area contributed by atoms with Gasteiger partial charge in [-0.3, -0.25) is 9.69 Å². The van der Waals surface area contributed by atoms with E-state index in [4.69, 9.17) is 0 Å². The van der Waals surface area contributed by atoms with Gasteiger partial charge in [0.25, 0.3) is 0 Å². The molecule has 0 spiro atoms. The van der Waals surface area contributed by atoms with E-state index in [1.807, 2.05) is 86.6 Å². The van der Waals surface area contributed by atoms with Crippen molar-refractivity contribution >= 4 is 5.78 Å². The highest BCUT2D eigenvalue weighted by Crippen LogP contribution is 2.50. The number of benzene rings is 3. The number of piperidine rings is 1. The molecular weight excluding hydrogens is 444 g/mol. The number of rotatable bonds is 8. The number of carbonyl (C=O) groups is 1. The van der Waals surface area contributed by atoms with Gasteiger partial charge in [0.1, 0.15) is 5.60 Å². The third-order valence-corrected chi connectivity index (χ3v) is 8.03. The van der Waals surface area contributed by atoms with Gasteiger partial charge in [-0.1, -0.05) is 84.9 Å². The van der Waals surface area contributed by atoms with Gasteiger partial charge in [-0.2, -0.15) is 5.26 Å². The van der Waals surface area contributed by atoms with Crippen LogP contribution in [0.25, 0.3) is 0 Å². The van der Waals surface area contributed by atoms with Gasteiger partial charge in [0, 0.05) is 12.0 Å². The molecule has 4 heteroatoms. The number of carbonyl (C=O) groups excluding carboxylic acids is 1. The first-order chi connectivity index (χ1) is 17.2. The topological polar surface area (TPSA) is 64.3 Å². The number of ketones is 1. The van der Waals surface area contributed by atoms with Crippen LogP contribution in [0.1, 0.15) is 73.5 Å². The molecule has 0 bridgehead atoms. The second kappa shape index (κ2) is 10.4. The van der Waals surface area contributed by atoms with Crippen molar-refractivity contribution in [2.75, 3.05) is 13.1 Å². The molecule has 4 nitrogen and oxygen atoms in total. The van der Waals surface area contributed by atoms with Gasteiger partial charge in [0.2, 0.25) is 0 Å². The van der Waals surface area contributed by atoms with E-state index in [-0.39, 0.29) is 5.78 Å². The number of Topliss-reactive ketones (excluding diaryl/α,β-unsaturated/α-hetero) is 1. The van der Waals surface area contributed by atoms with E-state index in [0.717, 1.165) is 29.7 Å². The van der Waals surface area contributed by atoms with Crippen molar-refractivity contribution in [3.63, 3.8) is 0 Å². The van der Waals surface area contributed by atoms with Gasteiger partial charge >= 0.3 is 0 Å². The summed E-state index contributed by atoms with van der Waals surface area (Å²) in [5.74, 6) is 0.105. The molecule has 0 aromatic heterocycles. The molecule has 0 saturated carbocycles. The highest BCUT2D eigenvalue weighted by Gasteiger charge is 2.54. The lowest BCUT2D eigenvalue weighted by Crippen LogP contribution is -2.61. The Labute approximate surface area is 215 Å².